The largest absolute Gasteiger partial charge is 0.369 e. The monoisotopic (exact) mass is 410 g/mol. The number of rotatable bonds is 4. The van der Waals surface area contributed by atoms with Crippen molar-refractivity contribution >= 4 is 28.7 Å². The summed E-state index contributed by atoms with van der Waals surface area (Å²) < 4.78 is 1.99. The van der Waals surface area contributed by atoms with Gasteiger partial charge in [0.25, 0.3) is 0 Å². The Hall–Kier alpha value is -2.84. The summed E-state index contributed by atoms with van der Waals surface area (Å²) >= 11 is 0. The second-order valence-electron chi connectivity index (χ2n) is 9.71. The maximum Gasteiger partial charge on any atom is 0.326 e. The molecule has 5 N–H and O–H groups in total. The van der Waals surface area contributed by atoms with E-state index in [-0.39, 0.29) is 36.0 Å². The van der Waals surface area contributed by atoms with Gasteiger partial charge in [0, 0.05) is 18.2 Å². The van der Waals surface area contributed by atoms with Crippen LogP contribution in [0.15, 0.2) is 11.0 Å². The number of primary amides is 1. The van der Waals surface area contributed by atoms with Crippen LogP contribution in [0, 0.1) is 23.2 Å². The molecule has 0 saturated heterocycles. The third kappa shape index (κ3) is 2.40. The molecule has 0 radical (unpaired) electrons. The molecule has 9 nitrogen and oxygen atoms in total. The topological polar surface area (TPSA) is 135 Å². The first-order valence-corrected chi connectivity index (χ1v) is 10.9. The molecular formula is C21H26N6O3. The summed E-state index contributed by atoms with van der Waals surface area (Å²) in [7, 11) is 0. The average molecular weight is 410 g/mol. The molecule has 1 aliphatic heterocycles. The molecule has 9 heteroatoms. The Bertz CT molecular complexity index is 1120. The molecule has 7 rings (SSSR count). The molecule has 0 spiro atoms. The number of nitrogens with zero attached hydrogens (tertiary/aromatic N) is 2. The van der Waals surface area contributed by atoms with E-state index >= 15 is 0 Å². The van der Waals surface area contributed by atoms with Gasteiger partial charge in [0.1, 0.15) is 5.82 Å². The maximum atomic E-state index is 13.1. The molecule has 4 aliphatic carbocycles. The number of pyridine rings is 1. The minimum atomic E-state index is -0.521. The smallest absolute Gasteiger partial charge is 0.326 e. The highest BCUT2D eigenvalue weighted by atomic mass is 16.2. The van der Waals surface area contributed by atoms with Crippen LogP contribution in [0.3, 0.4) is 0 Å². The van der Waals surface area contributed by atoms with Crippen molar-refractivity contribution < 1.29 is 9.59 Å². The van der Waals surface area contributed by atoms with Gasteiger partial charge in [-0.3, -0.25) is 14.2 Å². The lowest BCUT2D eigenvalue weighted by atomic mass is 9.47. The number of H-pyrrole nitrogens is 1. The summed E-state index contributed by atoms with van der Waals surface area (Å²) in [5.74, 6) is 1.39. The van der Waals surface area contributed by atoms with Gasteiger partial charge in [0.15, 0.2) is 0 Å². The van der Waals surface area contributed by atoms with Crippen LogP contribution >= 0.6 is 0 Å². The third-order valence-electron chi connectivity index (χ3n) is 7.94. The fraction of sp³-hybridized carbons (Fsp3) is 0.619. The molecule has 4 fully saturated rings. The Morgan fingerprint density at radius 3 is 2.77 bits per heavy atom. The highest BCUT2D eigenvalue weighted by Gasteiger charge is 2.59. The zero-order valence-electron chi connectivity index (χ0n) is 16.7. The molecule has 5 aliphatic rings. The van der Waals surface area contributed by atoms with Gasteiger partial charge in [-0.2, -0.15) is 0 Å². The normalized spacial score (nSPS) is 33.5. The predicted octanol–water partition coefficient (Wildman–Crippen LogP) is 0.661. The number of aromatic amines is 1. The van der Waals surface area contributed by atoms with Crippen LogP contribution in [0.1, 0.15) is 43.7 Å². The van der Waals surface area contributed by atoms with Crippen LogP contribution in [-0.2, 0) is 16.0 Å². The van der Waals surface area contributed by atoms with Crippen LogP contribution in [0.5, 0.6) is 0 Å². The molecule has 2 atom stereocenters. The number of hydrogen-bond donors (Lipinski definition) is 4. The minimum Gasteiger partial charge on any atom is -0.369 e. The summed E-state index contributed by atoms with van der Waals surface area (Å²) in [5.41, 5.74) is 7.63. The minimum absolute atomic E-state index is 0.0419. The maximum absolute atomic E-state index is 13.1. The SMILES string of the molecule is NC(=O)CNC(=O)C12CC3CC(C1)C(n1c(=O)[nH]c4cnc5c(c41)CCN5)C(C3)C2. The van der Waals surface area contributed by atoms with E-state index in [2.05, 4.69) is 20.6 Å². The number of carbonyl (C=O) groups excluding carboxylic acids is 2. The van der Waals surface area contributed by atoms with E-state index in [4.69, 9.17) is 5.73 Å². The average Bonchev–Trinajstić information content (AvgIpc) is 3.29. The van der Waals surface area contributed by atoms with Gasteiger partial charge in [-0.15, -0.1) is 0 Å². The van der Waals surface area contributed by atoms with Crippen LogP contribution in [0.25, 0.3) is 11.0 Å². The number of nitrogens with one attached hydrogen (secondary N) is 3. The number of fused-ring (bicyclic) bond motifs is 3. The molecule has 4 saturated carbocycles. The van der Waals surface area contributed by atoms with Crippen LogP contribution in [0.4, 0.5) is 5.82 Å². The lowest BCUT2D eigenvalue weighted by Gasteiger charge is -2.59. The van der Waals surface area contributed by atoms with Crippen LogP contribution in [-0.4, -0.2) is 39.4 Å². The molecule has 2 amide bonds. The Morgan fingerprint density at radius 1 is 1.27 bits per heavy atom. The highest BCUT2D eigenvalue weighted by Crippen LogP contribution is 2.63. The molecule has 0 aromatic carbocycles. The number of aromatic nitrogens is 3. The molecule has 2 aromatic heterocycles. The Morgan fingerprint density at radius 2 is 2.03 bits per heavy atom. The Balaban J connectivity index is 1.40. The molecule has 158 valence electrons. The van der Waals surface area contributed by atoms with Gasteiger partial charge in [0.05, 0.1) is 29.2 Å². The number of carbonyl (C=O) groups is 2. The summed E-state index contributed by atoms with van der Waals surface area (Å²) in [6, 6.07) is 0.104. The van der Waals surface area contributed by atoms with Crippen molar-refractivity contribution in [3.05, 3.63) is 22.2 Å². The van der Waals surface area contributed by atoms with E-state index < -0.39 is 11.3 Å². The van der Waals surface area contributed by atoms with E-state index in [0.717, 1.165) is 67.5 Å². The molecule has 2 unspecified atom stereocenters. The predicted molar refractivity (Wildman–Crippen MR) is 110 cm³/mol. The summed E-state index contributed by atoms with van der Waals surface area (Å²) in [6.07, 6.45) is 7.12. The zero-order chi connectivity index (χ0) is 20.6. The quantitative estimate of drug-likeness (QED) is 0.587. The van der Waals surface area contributed by atoms with Gasteiger partial charge in [0.2, 0.25) is 11.8 Å². The van der Waals surface area contributed by atoms with E-state index in [1.54, 1.807) is 6.20 Å². The van der Waals surface area contributed by atoms with Gasteiger partial charge in [-0.05, 0) is 56.3 Å². The summed E-state index contributed by atoms with van der Waals surface area (Å²) in [5, 5.41) is 6.07. The molecule has 4 bridgehead atoms. The van der Waals surface area contributed by atoms with E-state index in [1.807, 2.05) is 4.57 Å². The summed E-state index contributed by atoms with van der Waals surface area (Å²) in [4.78, 5) is 44.7. The van der Waals surface area contributed by atoms with Gasteiger partial charge in [-0.1, -0.05) is 0 Å². The standard InChI is InChI=1S/C21H26N6O3/c22-15(28)9-25-19(29)21-5-10-3-11(6-21)16(12(4-10)7-21)27-17-13-1-2-23-18(13)24-8-14(17)26-20(27)30/h8,10-12,16H,1-7,9H2,(H2,22,28)(H,23,24)(H,25,29)(H,26,30). The molecule has 30 heavy (non-hydrogen) atoms. The molecule has 2 aromatic rings. The number of amides is 2. The molecular weight excluding hydrogens is 384 g/mol. The van der Waals surface area contributed by atoms with Crippen molar-refractivity contribution in [2.75, 3.05) is 18.4 Å². The highest BCUT2D eigenvalue weighted by molar-refractivity contribution is 5.88. The van der Waals surface area contributed by atoms with Crippen LogP contribution < -0.4 is 22.1 Å². The number of imidazole rings is 1. The molecule has 3 heterocycles. The van der Waals surface area contributed by atoms with Gasteiger partial charge < -0.3 is 21.4 Å². The number of hydrogen-bond acceptors (Lipinski definition) is 5. The fourth-order valence-corrected chi connectivity index (χ4v) is 7.22. The van der Waals surface area contributed by atoms with Crippen molar-refractivity contribution in [3.63, 3.8) is 0 Å². The number of anilines is 1. The first-order chi connectivity index (χ1) is 14.4. The van der Waals surface area contributed by atoms with Crippen molar-refractivity contribution in [1.29, 1.82) is 0 Å². The van der Waals surface area contributed by atoms with Gasteiger partial charge >= 0.3 is 5.69 Å². The van der Waals surface area contributed by atoms with Crippen molar-refractivity contribution in [1.82, 2.24) is 19.9 Å². The van der Waals surface area contributed by atoms with E-state index in [9.17, 15) is 14.4 Å². The zero-order valence-corrected chi connectivity index (χ0v) is 16.7. The second-order valence-corrected chi connectivity index (χ2v) is 9.71. The van der Waals surface area contributed by atoms with E-state index in [1.165, 1.54) is 0 Å². The second kappa shape index (κ2) is 6.09. The Kier molecular flexibility index (Phi) is 3.65. The summed E-state index contributed by atoms with van der Waals surface area (Å²) in [6.45, 7) is 0.724. The van der Waals surface area contributed by atoms with Crippen molar-refractivity contribution in [2.24, 2.45) is 28.9 Å². The fourth-order valence-electron chi connectivity index (χ4n) is 7.22. The lowest BCUT2D eigenvalue weighted by molar-refractivity contribution is -0.152. The first kappa shape index (κ1) is 18.0. The van der Waals surface area contributed by atoms with E-state index in [0.29, 0.717) is 5.92 Å². The number of nitrogens with two attached hydrogens (primary N) is 1. The Labute approximate surface area is 172 Å². The van der Waals surface area contributed by atoms with Crippen molar-refractivity contribution in [2.45, 2.75) is 44.6 Å². The third-order valence-corrected chi connectivity index (χ3v) is 7.94. The van der Waals surface area contributed by atoms with Crippen LogP contribution in [0.2, 0.25) is 0 Å². The van der Waals surface area contributed by atoms with Crippen molar-refractivity contribution in [3.8, 4) is 0 Å². The van der Waals surface area contributed by atoms with Gasteiger partial charge in [-0.25, -0.2) is 9.78 Å². The lowest BCUT2D eigenvalue weighted by Crippen LogP contribution is -2.58. The first-order valence-electron chi connectivity index (χ1n) is 10.9.